The molecule has 0 bridgehead atoms. The molecule has 1 fully saturated rings. The first-order valence-electron chi connectivity index (χ1n) is 8.70. The zero-order valence-electron chi connectivity index (χ0n) is 14.2. The number of allylic oxidation sites excluding steroid dienone is 2. The Morgan fingerprint density at radius 2 is 2.20 bits per heavy atom. The van der Waals surface area contributed by atoms with E-state index in [4.69, 9.17) is 0 Å². The first-order chi connectivity index (χ1) is 12.2. The summed E-state index contributed by atoms with van der Waals surface area (Å²) in [5.41, 5.74) is 2.79. The van der Waals surface area contributed by atoms with Crippen molar-refractivity contribution in [3.05, 3.63) is 69.7 Å². The van der Waals surface area contributed by atoms with Gasteiger partial charge in [-0.2, -0.15) is 0 Å². The van der Waals surface area contributed by atoms with Crippen LogP contribution in [0.1, 0.15) is 23.7 Å². The highest BCUT2D eigenvalue weighted by molar-refractivity contribution is 5.98. The van der Waals surface area contributed by atoms with Crippen LogP contribution in [0.2, 0.25) is 0 Å². The number of benzene rings is 1. The third kappa shape index (κ3) is 2.91. The number of amides is 1. The predicted molar refractivity (Wildman–Crippen MR) is 98.4 cm³/mol. The number of rotatable bonds is 3. The lowest BCUT2D eigenvalue weighted by molar-refractivity contribution is 0.0965. The molecule has 5 heteroatoms. The summed E-state index contributed by atoms with van der Waals surface area (Å²) < 4.78 is 0. The third-order valence-corrected chi connectivity index (χ3v) is 5.11. The van der Waals surface area contributed by atoms with Crippen molar-refractivity contribution in [3.8, 4) is 0 Å². The van der Waals surface area contributed by atoms with Gasteiger partial charge >= 0.3 is 0 Å². The summed E-state index contributed by atoms with van der Waals surface area (Å²) in [5.74, 6) is 0.198. The lowest BCUT2D eigenvalue weighted by Crippen LogP contribution is -2.29. The average molecular weight is 335 g/mol. The van der Waals surface area contributed by atoms with E-state index in [1.165, 1.54) is 11.8 Å². The highest BCUT2D eigenvalue weighted by atomic mass is 16.2. The summed E-state index contributed by atoms with van der Waals surface area (Å²) in [4.78, 5) is 30.6. The van der Waals surface area contributed by atoms with Gasteiger partial charge in [0.15, 0.2) is 0 Å². The van der Waals surface area contributed by atoms with Crippen LogP contribution in [0.15, 0.2) is 58.7 Å². The Kier molecular flexibility index (Phi) is 4.01. The molecule has 1 amide bonds. The Labute approximate surface area is 146 Å². The van der Waals surface area contributed by atoms with Gasteiger partial charge in [0, 0.05) is 35.9 Å². The van der Waals surface area contributed by atoms with Gasteiger partial charge in [-0.25, -0.2) is 0 Å². The highest BCUT2D eigenvalue weighted by Gasteiger charge is 2.28. The van der Waals surface area contributed by atoms with Gasteiger partial charge in [-0.3, -0.25) is 14.5 Å². The number of para-hydroxylation sites is 1. The molecular formula is C20H21N3O2. The van der Waals surface area contributed by atoms with Gasteiger partial charge in [-0.1, -0.05) is 25.1 Å². The molecule has 1 aliphatic heterocycles. The van der Waals surface area contributed by atoms with Crippen LogP contribution in [-0.2, 0) is 0 Å². The van der Waals surface area contributed by atoms with E-state index in [1.807, 2.05) is 12.1 Å². The molecule has 25 heavy (non-hydrogen) atoms. The molecule has 1 saturated heterocycles. The summed E-state index contributed by atoms with van der Waals surface area (Å²) in [6.07, 6.45) is 6.55. The summed E-state index contributed by atoms with van der Waals surface area (Å²) in [6, 6.07) is 7.21. The van der Waals surface area contributed by atoms with E-state index < -0.39 is 0 Å². The van der Waals surface area contributed by atoms with Crippen LogP contribution in [-0.4, -0.2) is 35.4 Å². The van der Waals surface area contributed by atoms with Crippen molar-refractivity contribution in [1.82, 2.24) is 15.2 Å². The van der Waals surface area contributed by atoms with Crippen molar-refractivity contribution in [3.63, 3.8) is 0 Å². The predicted octanol–water partition coefficient (Wildman–Crippen LogP) is 2.42. The number of pyridine rings is 1. The van der Waals surface area contributed by atoms with Crippen LogP contribution in [0.3, 0.4) is 0 Å². The number of likely N-dealkylation sites (N-methyl/N-ethyl adjacent to an activating group) is 1. The molecule has 0 radical (unpaired) electrons. The Bertz CT molecular complexity index is 955. The molecule has 2 aliphatic rings. The van der Waals surface area contributed by atoms with Gasteiger partial charge in [0.1, 0.15) is 5.56 Å². The minimum absolute atomic E-state index is 0.140. The monoisotopic (exact) mass is 335 g/mol. The Morgan fingerprint density at radius 3 is 3.04 bits per heavy atom. The second kappa shape index (κ2) is 6.33. The summed E-state index contributed by atoms with van der Waals surface area (Å²) in [7, 11) is 0. The van der Waals surface area contributed by atoms with Crippen molar-refractivity contribution in [2.24, 2.45) is 5.92 Å². The summed E-state index contributed by atoms with van der Waals surface area (Å²) in [5, 5.41) is 3.42. The second-order valence-electron chi connectivity index (χ2n) is 6.67. The van der Waals surface area contributed by atoms with Crippen LogP contribution >= 0.6 is 0 Å². The van der Waals surface area contributed by atoms with Crippen molar-refractivity contribution in [2.45, 2.75) is 13.3 Å². The Balaban J connectivity index is 1.56. The molecule has 1 aromatic carbocycles. The summed E-state index contributed by atoms with van der Waals surface area (Å²) >= 11 is 0. The van der Waals surface area contributed by atoms with E-state index in [-0.39, 0.29) is 16.9 Å². The molecule has 5 nitrogen and oxygen atoms in total. The van der Waals surface area contributed by atoms with Crippen molar-refractivity contribution >= 4 is 16.8 Å². The van der Waals surface area contributed by atoms with Crippen LogP contribution in [0, 0.1) is 5.92 Å². The lowest BCUT2D eigenvalue weighted by Gasteiger charge is -2.17. The van der Waals surface area contributed by atoms with E-state index in [9.17, 15) is 9.59 Å². The number of fused-ring (bicyclic) bond motifs is 2. The van der Waals surface area contributed by atoms with E-state index in [0.717, 1.165) is 37.3 Å². The largest absolute Gasteiger partial charge is 0.360 e. The van der Waals surface area contributed by atoms with Gasteiger partial charge < -0.3 is 10.3 Å². The maximum absolute atomic E-state index is 12.6. The minimum Gasteiger partial charge on any atom is -0.360 e. The molecule has 2 N–H and O–H groups in total. The van der Waals surface area contributed by atoms with Gasteiger partial charge in [0.05, 0.1) is 0 Å². The standard InChI is InChI=1S/C20H21N3O2/c1-2-23-11-13-7-8-15(9-14(13)12-23)22-20(25)17-10-21-18-6-4-3-5-16(18)19(17)24/h3-6,8-10,13H,2,7,11-12H2,1H3,(H,21,24)(H,22,25). The molecule has 0 saturated carbocycles. The van der Waals surface area contributed by atoms with Gasteiger partial charge in [0.2, 0.25) is 5.43 Å². The molecule has 1 aliphatic carbocycles. The number of carbonyl (C=O) groups is 1. The number of hydrogen-bond donors (Lipinski definition) is 2. The molecule has 4 rings (SSSR count). The topological polar surface area (TPSA) is 65.2 Å². The molecule has 2 heterocycles. The molecular weight excluding hydrogens is 314 g/mol. The zero-order valence-corrected chi connectivity index (χ0v) is 14.2. The lowest BCUT2D eigenvalue weighted by atomic mass is 9.93. The van der Waals surface area contributed by atoms with Crippen LogP contribution in [0.4, 0.5) is 0 Å². The molecule has 1 aromatic heterocycles. The molecule has 1 atom stereocenters. The van der Waals surface area contributed by atoms with E-state index >= 15 is 0 Å². The SMILES string of the molecule is CCN1CC2=CC(NC(=O)c3c[nH]c4ccccc4c3=O)=CCC2C1. The molecule has 128 valence electrons. The number of aromatic amines is 1. The number of aromatic nitrogens is 1. The average Bonchev–Trinajstić information content (AvgIpc) is 3.04. The number of hydrogen-bond acceptors (Lipinski definition) is 3. The van der Waals surface area contributed by atoms with Gasteiger partial charge in [-0.05, 0) is 42.7 Å². The normalized spacial score (nSPS) is 20.1. The number of carbonyl (C=O) groups excluding carboxylic acids is 1. The number of H-pyrrole nitrogens is 1. The van der Waals surface area contributed by atoms with Crippen molar-refractivity contribution in [2.75, 3.05) is 19.6 Å². The van der Waals surface area contributed by atoms with Crippen molar-refractivity contribution in [1.29, 1.82) is 0 Å². The fourth-order valence-corrected chi connectivity index (χ4v) is 3.66. The first-order valence-corrected chi connectivity index (χ1v) is 8.70. The van der Waals surface area contributed by atoms with Crippen LogP contribution < -0.4 is 10.7 Å². The maximum Gasteiger partial charge on any atom is 0.261 e. The maximum atomic E-state index is 12.6. The Morgan fingerprint density at radius 1 is 1.36 bits per heavy atom. The molecule has 2 aromatic rings. The second-order valence-corrected chi connectivity index (χ2v) is 6.67. The van der Waals surface area contributed by atoms with E-state index in [2.05, 4.69) is 34.3 Å². The first kappa shape index (κ1) is 15.8. The molecule has 1 unspecified atom stereocenters. The van der Waals surface area contributed by atoms with Gasteiger partial charge in [0.25, 0.3) is 5.91 Å². The van der Waals surface area contributed by atoms with Crippen molar-refractivity contribution < 1.29 is 4.79 Å². The number of nitrogens with one attached hydrogen (secondary N) is 2. The summed E-state index contributed by atoms with van der Waals surface area (Å²) in [6.45, 7) is 5.26. The third-order valence-electron chi connectivity index (χ3n) is 5.11. The van der Waals surface area contributed by atoms with Crippen LogP contribution in [0.25, 0.3) is 10.9 Å². The van der Waals surface area contributed by atoms with Gasteiger partial charge in [-0.15, -0.1) is 0 Å². The quantitative estimate of drug-likeness (QED) is 0.905. The fourth-order valence-electron chi connectivity index (χ4n) is 3.66. The Hall–Kier alpha value is -2.66. The number of nitrogens with zero attached hydrogens (tertiary/aromatic N) is 1. The zero-order chi connectivity index (χ0) is 17.4. The highest BCUT2D eigenvalue weighted by Crippen LogP contribution is 2.30. The van der Waals surface area contributed by atoms with E-state index in [0.29, 0.717) is 11.3 Å². The molecule has 0 spiro atoms. The smallest absolute Gasteiger partial charge is 0.261 e. The minimum atomic E-state index is -0.362. The number of likely N-dealkylation sites (tertiary alicyclic amines) is 1. The van der Waals surface area contributed by atoms with E-state index in [1.54, 1.807) is 12.1 Å². The van der Waals surface area contributed by atoms with Crippen LogP contribution in [0.5, 0.6) is 0 Å². The fraction of sp³-hybridized carbons (Fsp3) is 0.300.